The lowest BCUT2D eigenvalue weighted by Gasteiger charge is -2.11. The summed E-state index contributed by atoms with van der Waals surface area (Å²) in [5.74, 6) is 0.650. The van der Waals surface area contributed by atoms with Gasteiger partial charge in [0.25, 0.3) is 0 Å². The summed E-state index contributed by atoms with van der Waals surface area (Å²) in [5.41, 5.74) is 3.17. The minimum atomic E-state index is -0.217. The Bertz CT molecular complexity index is 537. The molecule has 0 spiro atoms. The van der Waals surface area contributed by atoms with Gasteiger partial charge in [0.2, 0.25) is 0 Å². The van der Waals surface area contributed by atoms with Crippen LogP contribution in [0.15, 0.2) is 42.5 Å². The van der Waals surface area contributed by atoms with E-state index < -0.39 is 0 Å². The molecule has 0 aliphatic carbocycles. The highest BCUT2D eigenvalue weighted by Crippen LogP contribution is 2.26. The number of rotatable bonds is 5. The van der Waals surface area contributed by atoms with Crippen LogP contribution in [0.3, 0.4) is 0 Å². The van der Waals surface area contributed by atoms with Crippen LogP contribution >= 0.6 is 0 Å². The van der Waals surface area contributed by atoms with Gasteiger partial charge in [0.1, 0.15) is 11.6 Å². The van der Waals surface area contributed by atoms with Crippen molar-refractivity contribution in [1.82, 2.24) is 5.32 Å². The van der Waals surface area contributed by atoms with Gasteiger partial charge >= 0.3 is 0 Å². The van der Waals surface area contributed by atoms with Crippen LogP contribution in [0.5, 0.6) is 5.75 Å². The lowest BCUT2D eigenvalue weighted by molar-refractivity contribution is 0.408. The summed E-state index contributed by atoms with van der Waals surface area (Å²) in [6.45, 7) is 3.73. The van der Waals surface area contributed by atoms with E-state index >= 15 is 0 Å². The Morgan fingerprint density at radius 3 is 2.37 bits per heavy atom. The molecule has 0 aliphatic heterocycles. The molecule has 0 saturated heterocycles. The third kappa shape index (κ3) is 3.32. The molecule has 2 aromatic rings. The normalized spacial score (nSPS) is 10.5. The summed E-state index contributed by atoms with van der Waals surface area (Å²) in [6, 6.07) is 12.5. The molecule has 0 fully saturated rings. The summed E-state index contributed by atoms with van der Waals surface area (Å²) in [6.07, 6.45) is 0. The van der Waals surface area contributed by atoms with E-state index in [4.69, 9.17) is 4.74 Å². The maximum Gasteiger partial charge on any atom is 0.123 e. The van der Waals surface area contributed by atoms with Gasteiger partial charge in [-0.25, -0.2) is 4.39 Å². The van der Waals surface area contributed by atoms with Crippen molar-refractivity contribution in [3.63, 3.8) is 0 Å². The second-order valence-corrected chi connectivity index (χ2v) is 4.31. The fourth-order valence-electron chi connectivity index (χ4n) is 2.00. The predicted molar refractivity (Wildman–Crippen MR) is 75.8 cm³/mol. The van der Waals surface area contributed by atoms with Gasteiger partial charge < -0.3 is 10.1 Å². The molecular weight excluding hydrogens is 241 g/mol. The van der Waals surface area contributed by atoms with E-state index in [-0.39, 0.29) is 5.82 Å². The molecule has 100 valence electrons. The summed E-state index contributed by atoms with van der Waals surface area (Å²) >= 11 is 0. The molecule has 0 radical (unpaired) electrons. The molecule has 0 aliphatic rings. The predicted octanol–water partition coefficient (Wildman–Crippen LogP) is 3.61. The van der Waals surface area contributed by atoms with Crippen LogP contribution in [0, 0.1) is 5.82 Å². The van der Waals surface area contributed by atoms with Gasteiger partial charge in [0, 0.05) is 12.1 Å². The molecule has 1 N–H and O–H groups in total. The average molecular weight is 259 g/mol. The van der Waals surface area contributed by atoms with Gasteiger partial charge in [-0.1, -0.05) is 25.1 Å². The van der Waals surface area contributed by atoms with E-state index in [0.717, 1.165) is 35.5 Å². The smallest absolute Gasteiger partial charge is 0.123 e. The Morgan fingerprint density at radius 1 is 1.05 bits per heavy atom. The number of benzene rings is 2. The van der Waals surface area contributed by atoms with Gasteiger partial charge in [-0.05, 0) is 41.9 Å². The summed E-state index contributed by atoms with van der Waals surface area (Å²) in [4.78, 5) is 0. The van der Waals surface area contributed by atoms with Crippen molar-refractivity contribution in [1.29, 1.82) is 0 Å². The van der Waals surface area contributed by atoms with Crippen LogP contribution < -0.4 is 10.1 Å². The third-order valence-corrected chi connectivity index (χ3v) is 3.02. The van der Waals surface area contributed by atoms with Crippen molar-refractivity contribution in [3.05, 3.63) is 53.8 Å². The average Bonchev–Trinajstić information content (AvgIpc) is 2.45. The van der Waals surface area contributed by atoms with Crippen molar-refractivity contribution in [3.8, 4) is 16.9 Å². The molecule has 2 aromatic carbocycles. The summed E-state index contributed by atoms with van der Waals surface area (Å²) in [7, 11) is 1.67. The molecule has 0 heterocycles. The van der Waals surface area contributed by atoms with Gasteiger partial charge in [0.05, 0.1) is 7.11 Å². The SMILES string of the molecule is CCNCc1cc(-c2ccc(F)cc2)ccc1OC. The van der Waals surface area contributed by atoms with Crippen molar-refractivity contribution < 1.29 is 9.13 Å². The largest absolute Gasteiger partial charge is 0.496 e. The standard InChI is InChI=1S/C16H18FNO/c1-3-18-11-14-10-13(6-9-16(14)19-2)12-4-7-15(17)8-5-12/h4-10,18H,3,11H2,1-2H3. The minimum absolute atomic E-state index is 0.217. The highest BCUT2D eigenvalue weighted by atomic mass is 19.1. The Labute approximate surface area is 113 Å². The zero-order valence-electron chi connectivity index (χ0n) is 11.2. The van der Waals surface area contributed by atoms with Crippen molar-refractivity contribution >= 4 is 0 Å². The fraction of sp³-hybridized carbons (Fsp3) is 0.250. The second-order valence-electron chi connectivity index (χ2n) is 4.31. The number of halogens is 1. The van der Waals surface area contributed by atoms with Gasteiger partial charge in [-0.2, -0.15) is 0 Å². The monoisotopic (exact) mass is 259 g/mol. The van der Waals surface area contributed by atoms with Crippen molar-refractivity contribution in [2.24, 2.45) is 0 Å². The number of methoxy groups -OCH3 is 1. The molecule has 2 nitrogen and oxygen atoms in total. The molecule has 0 saturated carbocycles. The minimum Gasteiger partial charge on any atom is -0.496 e. The Balaban J connectivity index is 2.33. The zero-order chi connectivity index (χ0) is 13.7. The highest BCUT2D eigenvalue weighted by Gasteiger charge is 2.05. The number of ether oxygens (including phenoxy) is 1. The van der Waals surface area contributed by atoms with E-state index in [1.165, 1.54) is 12.1 Å². The van der Waals surface area contributed by atoms with Gasteiger partial charge in [-0.15, -0.1) is 0 Å². The van der Waals surface area contributed by atoms with E-state index in [2.05, 4.69) is 18.3 Å². The molecule has 0 bridgehead atoms. The number of hydrogen-bond acceptors (Lipinski definition) is 2. The fourth-order valence-corrected chi connectivity index (χ4v) is 2.00. The molecule has 2 rings (SSSR count). The number of nitrogens with one attached hydrogen (secondary N) is 1. The van der Waals surface area contributed by atoms with Gasteiger partial charge in [-0.3, -0.25) is 0 Å². The van der Waals surface area contributed by atoms with E-state index in [1.807, 2.05) is 12.1 Å². The lowest BCUT2D eigenvalue weighted by atomic mass is 10.0. The topological polar surface area (TPSA) is 21.3 Å². The first kappa shape index (κ1) is 13.6. The number of hydrogen-bond donors (Lipinski definition) is 1. The van der Waals surface area contributed by atoms with E-state index in [1.54, 1.807) is 19.2 Å². The van der Waals surface area contributed by atoms with Crippen LogP contribution in [-0.4, -0.2) is 13.7 Å². The Morgan fingerprint density at radius 2 is 1.74 bits per heavy atom. The molecule has 0 aromatic heterocycles. The van der Waals surface area contributed by atoms with Crippen LogP contribution in [0.2, 0.25) is 0 Å². The molecule has 0 atom stereocenters. The maximum atomic E-state index is 12.9. The van der Waals surface area contributed by atoms with E-state index in [9.17, 15) is 4.39 Å². The Hall–Kier alpha value is -1.87. The lowest BCUT2D eigenvalue weighted by Crippen LogP contribution is -2.12. The van der Waals surface area contributed by atoms with Crippen LogP contribution in [0.25, 0.3) is 11.1 Å². The first-order valence-electron chi connectivity index (χ1n) is 6.38. The van der Waals surface area contributed by atoms with E-state index in [0.29, 0.717) is 0 Å². The molecule has 0 unspecified atom stereocenters. The molecule has 0 amide bonds. The van der Waals surface area contributed by atoms with Crippen LogP contribution in [0.1, 0.15) is 12.5 Å². The molecular formula is C16H18FNO. The zero-order valence-corrected chi connectivity index (χ0v) is 11.2. The van der Waals surface area contributed by atoms with Crippen LogP contribution in [0.4, 0.5) is 4.39 Å². The highest BCUT2D eigenvalue weighted by molar-refractivity contribution is 5.65. The first-order valence-corrected chi connectivity index (χ1v) is 6.38. The first-order chi connectivity index (χ1) is 9.24. The third-order valence-electron chi connectivity index (χ3n) is 3.02. The van der Waals surface area contributed by atoms with Crippen LogP contribution in [-0.2, 0) is 6.54 Å². The molecule has 19 heavy (non-hydrogen) atoms. The summed E-state index contributed by atoms with van der Waals surface area (Å²) < 4.78 is 18.3. The van der Waals surface area contributed by atoms with Gasteiger partial charge in [0.15, 0.2) is 0 Å². The van der Waals surface area contributed by atoms with Crippen molar-refractivity contribution in [2.75, 3.05) is 13.7 Å². The quantitative estimate of drug-likeness (QED) is 0.885. The second kappa shape index (κ2) is 6.34. The molecule has 3 heteroatoms. The maximum absolute atomic E-state index is 12.9. The summed E-state index contributed by atoms with van der Waals surface area (Å²) in [5, 5.41) is 3.29. The Kier molecular flexibility index (Phi) is 4.53. The van der Waals surface area contributed by atoms with Crippen molar-refractivity contribution in [2.45, 2.75) is 13.5 Å².